The normalized spacial score (nSPS) is 12.2. The van der Waals surface area contributed by atoms with Crippen molar-refractivity contribution in [3.8, 4) is 5.75 Å². The highest BCUT2D eigenvalue weighted by atomic mass is 16.5. The number of hydrogen-bond acceptors (Lipinski definition) is 2. The Labute approximate surface area is 128 Å². The summed E-state index contributed by atoms with van der Waals surface area (Å²) in [5, 5.41) is 3.64. The van der Waals surface area contributed by atoms with Crippen LogP contribution in [0.1, 0.15) is 44.4 Å². The molecule has 0 aromatic heterocycles. The van der Waals surface area contributed by atoms with Gasteiger partial charge in [0.15, 0.2) is 0 Å². The summed E-state index contributed by atoms with van der Waals surface area (Å²) in [4.78, 5) is 0. The van der Waals surface area contributed by atoms with Crippen LogP contribution in [0.3, 0.4) is 0 Å². The Morgan fingerprint density at radius 3 is 2.33 bits per heavy atom. The van der Waals surface area contributed by atoms with Crippen LogP contribution in [-0.2, 0) is 0 Å². The molecule has 1 atom stereocenters. The third-order valence-electron chi connectivity index (χ3n) is 3.51. The van der Waals surface area contributed by atoms with Gasteiger partial charge in [-0.25, -0.2) is 0 Å². The summed E-state index contributed by atoms with van der Waals surface area (Å²) >= 11 is 0. The van der Waals surface area contributed by atoms with Gasteiger partial charge >= 0.3 is 0 Å². The molecule has 2 nitrogen and oxygen atoms in total. The lowest BCUT2D eigenvalue weighted by Gasteiger charge is -2.21. The van der Waals surface area contributed by atoms with Crippen molar-refractivity contribution in [2.24, 2.45) is 0 Å². The Morgan fingerprint density at radius 2 is 1.76 bits per heavy atom. The van der Waals surface area contributed by atoms with Gasteiger partial charge in [-0.15, -0.1) is 0 Å². The highest BCUT2D eigenvalue weighted by Crippen LogP contribution is 2.27. The molecule has 0 aliphatic heterocycles. The van der Waals surface area contributed by atoms with Crippen molar-refractivity contribution in [1.82, 2.24) is 0 Å². The van der Waals surface area contributed by atoms with Crippen LogP contribution >= 0.6 is 0 Å². The van der Waals surface area contributed by atoms with Crippen LogP contribution in [0.15, 0.2) is 48.5 Å². The van der Waals surface area contributed by atoms with Gasteiger partial charge in [-0.05, 0) is 56.5 Å². The van der Waals surface area contributed by atoms with Crippen LogP contribution in [0.4, 0.5) is 5.69 Å². The number of hydrogen-bond donors (Lipinski definition) is 1. The van der Waals surface area contributed by atoms with Gasteiger partial charge in [0.2, 0.25) is 0 Å². The second-order valence-corrected chi connectivity index (χ2v) is 5.66. The minimum Gasteiger partial charge on any atom is -0.491 e. The fraction of sp³-hybridized carbons (Fsp3) is 0.368. The van der Waals surface area contributed by atoms with E-state index in [1.807, 2.05) is 19.9 Å². The second-order valence-electron chi connectivity index (χ2n) is 5.66. The molecule has 0 radical (unpaired) electrons. The molecular weight excluding hydrogens is 258 g/mol. The minimum absolute atomic E-state index is 0.205. The molecule has 0 heterocycles. The van der Waals surface area contributed by atoms with E-state index in [2.05, 4.69) is 61.6 Å². The smallest absolute Gasteiger partial charge is 0.120 e. The molecule has 2 rings (SSSR count). The van der Waals surface area contributed by atoms with Crippen molar-refractivity contribution < 1.29 is 4.74 Å². The molecular formula is C19H25NO. The Balaban J connectivity index is 2.15. The molecule has 112 valence electrons. The first-order valence-corrected chi connectivity index (χ1v) is 7.69. The summed E-state index contributed by atoms with van der Waals surface area (Å²) in [5.74, 6) is 0.931. The number of benzene rings is 2. The van der Waals surface area contributed by atoms with Gasteiger partial charge in [0.1, 0.15) is 5.75 Å². The highest BCUT2D eigenvalue weighted by Gasteiger charge is 2.10. The summed E-state index contributed by atoms with van der Waals surface area (Å²) in [5.41, 5.74) is 3.70. The number of anilines is 1. The van der Waals surface area contributed by atoms with Crippen LogP contribution in [0.2, 0.25) is 0 Å². The van der Waals surface area contributed by atoms with Crippen molar-refractivity contribution in [2.75, 3.05) is 5.32 Å². The van der Waals surface area contributed by atoms with E-state index in [0.29, 0.717) is 6.04 Å². The first kappa shape index (κ1) is 15.4. The van der Waals surface area contributed by atoms with E-state index in [9.17, 15) is 0 Å². The molecule has 2 aromatic carbocycles. The Hall–Kier alpha value is -1.96. The average Bonchev–Trinajstić information content (AvgIpc) is 2.47. The van der Waals surface area contributed by atoms with E-state index in [1.54, 1.807) is 0 Å². The number of rotatable bonds is 6. The second kappa shape index (κ2) is 7.16. The highest BCUT2D eigenvalue weighted by molar-refractivity contribution is 5.55. The Bertz CT molecular complexity index is 563. The van der Waals surface area contributed by atoms with Gasteiger partial charge < -0.3 is 10.1 Å². The molecule has 0 bridgehead atoms. The third kappa shape index (κ3) is 4.25. The van der Waals surface area contributed by atoms with Gasteiger partial charge in [-0.1, -0.05) is 37.3 Å². The Kier molecular flexibility index (Phi) is 5.26. The SMILES string of the molecule is CCC(Nc1ccc(OC(C)C)cc1C)c1ccccc1. The molecule has 1 N–H and O–H groups in total. The molecule has 0 amide bonds. The Morgan fingerprint density at radius 1 is 1.05 bits per heavy atom. The van der Waals surface area contributed by atoms with E-state index in [0.717, 1.165) is 12.2 Å². The van der Waals surface area contributed by atoms with E-state index in [1.165, 1.54) is 16.8 Å². The fourth-order valence-electron chi connectivity index (χ4n) is 2.44. The fourth-order valence-corrected chi connectivity index (χ4v) is 2.44. The molecule has 0 spiro atoms. The van der Waals surface area contributed by atoms with E-state index in [4.69, 9.17) is 4.74 Å². The van der Waals surface area contributed by atoms with Crippen LogP contribution in [-0.4, -0.2) is 6.10 Å². The molecule has 0 aliphatic rings. The maximum Gasteiger partial charge on any atom is 0.120 e. The molecule has 21 heavy (non-hydrogen) atoms. The quantitative estimate of drug-likeness (QED) is 0.772. The first-order chi connectivity index (χ1) is 10.1. The average molecular weight is 283 g/mol. The first-order valence-electron chi connectivity index (χ1n) is 7.69. The van der Waals surface area contributed by atoms with E-state index in [-0.39, 0.29) is 6.10 Å². The predicted molar refractivity (Wildman–Crippen MR) is 90.0 cm³/mol. The number of ether oxygens (including phenoxy) is 1. The molecule has 0 aliphatic carbocycles. The van der Waals surface area contributed by atoms with E-state index >= 15 is 0 Å². The number of aryl methyl sites for hydroxylation is 1. The van der Waals surface area contributed by atoms with E-state index < -0.39 is 0 Å². The predicted octanol–water partition coefficient (Wildman–Crippen LogP) is 5.35. The van der Waals surface area contributed by atoms with Crippen LogP contribution in [0.25, 0.3) is 0 Å². The summed E-state index contributed by atoms with van der Waals surface area (Å²) < 4.78 is 5.74. The van der Waals surface area contributed by atoms with Gasteiger partial charge in [0, 0.05) is 5.69 Å². The van der Waals surface area contributed by atoms with Crippen molar-refractivity contribution in [1.29, 1.82) is 0 Å². The topological polar surface area (TPSA) is 21.3 Å². The molecule has 0 saturated heterocycles. The monoisotopic (exact) mass is 283 g/mol. The molecule has 2 aromatic rings. The molecule has 1 unspecified atom stereocenters. The maximum atomic E-state index is 5.74. The lowest BCUT2D eigenvalue weighted by molar-refractivity contribution is 0.242. The number of nitrogens with one attached hydrogen (secondary N) is 1. The zero-order valence-corrected chi connectivity index (χ0v) is 13.4. The summed E-state index contributed by atoms with van der Waals surface area (Å²) in [6.07, 6.45) is 1.25. The molecule has 2 heteroatoms. The summed E-state index contributed by atoms with van der Waals surface area (Å²) in [6, 6.07) is 17.2. The molecule has 0 fully saturated rings. The lowest BCUT2D eigenvalue weighted by atomic mass is 10.0. The van der Waals surface area contributed by atoms with Crippen molar-refractivity contribution >= 4 is 5.69 Å². The zero-order chi connectivity index (χ0) is 15.2. The van der Waals surface area contributed by atoms with Gasteiger partial charge in [0.05, 0.1) is 12.1 Å². The molecule has 0 saturated carbocycles. The lowest BCUT2D eigenvalue weighted by Crippen LogP contribution is -2.11. The summed E-state index contributed by atoms with van der Waals surface area (Å²) in [6.45, 7) is 8.41. The van der Waals surface area contributed by atoms with Crippen molar-refractivity contribution in [3.05, 3.63) is 59.7 Å². The van der Waals surface area contributed by atoms with Gasteiger partial charge in [-0.3, -0.25) is 0 Å². The van der Waals surface area contributed by atoms with Crippen LogP contribution < -0.4 is 10.1 Å². The maximum absolute atomic E-state index is 5.74. The standard InChI is InChI=1S/C19H25NO/c1-5-18(16-9-7-6-8-10-16)20-19-12-11-17(13-15(19)4)21-14(2)3/h6-14,18,20H,5H2,1-4H3. The third-order valence-corrected chi connectivity index (χ3v) is 3.51. The minimum atomic E-state index is 0.205. The van der Waals surface area contributed by atoms with Crippen molar-refractivity contribution in [3.63, 3.8) is 0 Å². The largest absolute Gasteiger partial charge is 0.491 e. The summed E-state index contributed by atoms with van der Waals surface area (Å²) in [7, 11) is 0. The zero-order valence-electron chi connectivity index (χ0n) is 13.4. The van der Waals surface area contributed by atoms with Gasteiger partial charge in [0.25, 0.3) is 0 Å². The van der Waals surface area contributed by atoms with Crippen molar-refractivity contribution in [2.45, 2.75) is 46.3 Å². The van der Waals surface area contributed by atoms with Gasteiger partial charge in [-0.2, -0.15) is 0 Å². The van der Waals surface area contributed by atoms with Crippen LogP contribution in [0, 0.1) is 6.92 Å². The van der Waals surface area contributed by atoms with Crippen LogP contribution in [0.5, 0.6) is 5.75 Å².